The Labute approximate surface area is 231 Å². The van der Waals surface area contributed by atoms with Gasteiger partial charge in [-0.15, -0.1) is 0 Å². The highest BCUT2D eigenvalue weighted by Crippen LogP contribution is 2.26. The van der Waals surface area contributed by atoms with Gasteiger partial charge in [-0.2, -0.15) is 0 Å². The van der Waals surface area contributed by atoms with Crippen LogP contribution in [-0.4, -0.2) is 50.9 Å². The minimum absolute atomic E-state index is 0.0763. The van der Waals surface area contributed by atoms with Crippen molar-refractivity contribution in [2.45, 2.75) is 58.1 Å². The van der Waals surface area contributed by atoms with E-state index < -0.39 is 28.5 Å². The van der Waals surface area contributed by atoms with E-state index in [9.17, 15) is 18.0 Å². The highest BCUT2D eigenvalue weighted by atomic mass is 32.2. The van der Waals surface area contributed by atoms with Gasteiger partial charge in [-0.3, -0.25) is 13.9 Å². The zero-order valence-corrected chi connectivity index (χ0v) is 24.2. The molecule has 0 unspecified atom stereocenters. The summed E-state index contributed by atoms with van der Waals surface area (Å²) < 4.78 is 34.2. The lowest BCUT2D eigenvalue weighted by molar-refractivity contribution is -0.139. The average Bonchev–Trinajstić information content (AvgIpc) is 2.89. The number of anilines is 1. The summed E-state index contributed by atoms with van der Waals surface area (Å²) in [7, 11) is -2.55. The van der Waals surface area contributed by atoms with Crippen molar-refractivity contribution in [3.8, 4) is 5.75 Å². The van der Waals surface area contributed by atoms with E-state index >= 15 is 0 Å². The summed E-state index contributed by atoms with van der Waals surface area (Å²) in [5, 5.41) is 2.85. The topological polar surface area (TPSA) is 96.0 Å². The van der Waals surface area contributed by atoms with Crippen LogP contribution in [0.25, 0.3) is 0 Å². The molecule has 0 radical (unpaired) electrons. The van der Waals surface area contributed by atoms with Gasteiger partial charge in [-0.25, -0.2) is 8.42 Å². The number of nitrogens with one attached hydrogen (secondary N) is 1. The van der Waals surface area contributed by atoms with E-state index in [1.54, 1.807) is 62.6 Å². The van der Waals surface area contributed by atoms with E-state index in [1.807, 2.05) is 39.8 Å². The van der Waals surface area contributed by atoms with Crippen molar-refractivity contribution in [2.75, 3.05) is 18.0 Å². The molecule has 3 aromatic carbocycles. The van der Waals surface area contributed by atoms with Crippen LogP contribution < -0.4 is 14.4 Å². The second kappa shape index (κ2) is 12.8. The Hall–Kier alpha value is -3.85. The van der Waals surface area contributed by atoms with Crippen LogP contribution in [0.4, 0.5) is 5.69 Å². The van der Waals surface area contributed by atoms with Crippen LogP contribution >= 0.6 is 0 Å². The summed E-state index contributed by atoms with van der Waals surface area (Å²) in [5.41, 5.74) is 2.88. The maximum absolute atomic E-state index is 13.9. The summed E-state index contributed by atoms with van der Waals surface area (Å²) in [6.45, 7) is 8.66. The van der Waals surface area contributed by atoms with Crippen LogP contribution in [0.3, 0.4) is 0 Å². The molecule has 9 heteroatoms. The lowest BCUT2D eigenvalue weighted by atomic mass is 10.1. The smallest absolute Gasteiger partial charge is 0.264 e. The lowest BCUT2D eigenvalue weighted by Gasteiger charge is -2.32. The highest BCUT2D eigenvalue weighted by Gasteiger charge is 2.32. The van der Waals surface area contributed by atoms with Gasteiger partial charge in [0.25, 0.3) is 10.0 Å². The number of benzene rings is 3. The molecule has 0 bridgehead atoms. The molecule has 0 fully saturated rings. The van der Waals surface area contributed by atoms with Gasteiger partial charge in [-0.1, -0.05) is 42.0 Å². The Bertz CT molecular complexity index is 1400. The third-order valence-corrected chi connectivity index (χ3v) is 8.05. The summed E-state index contributed by atoms with van der Waals surface area (Å²) in [6.07, 6.45) is 0. The molecule has 1 N–H and O–H groups in total. The van der Waals surface area contributed by atoms with Crippen molar-refractivity contribution >= 4 is 27.5 Å². The summed E-state index contributed by atoms with van der Waals surface area (Å²) >= 11 is 0. The Balaban J connectivity index is 2.04. The largest absolute Gasteiger partial charge is 0.497 e. The SMILES string of the molecule is COc1cccc(CN(C(=O)CN(c2cccc(C)c2)S(=O)(=O)c2ccc(C)cc2)[C@H](C)C(=O)NC(C)C)c1. The molecular formula is C30H37N3O5S. The fraction of sp³-hybridized carbons (Fsp3) is 0.333. The van der Waals surface area contributed by atoms with Crippen molar-refractivity contribution in [1.29, 1.82) is 0 Å². The van der Waals surface area contributed by atoms with Crippen LogP contribution in [0.2, 0.25) is 0 Å². The van der Waals surface area contributed by atoms with Crippen molar-refractivity contribution in [1.82, 2.24) is 10.2 Å². The van der Waals surface area contributed by atoms with Crippen LogP contribution in [-0.2, 0) is 26.2 Å². The van der Waals surface area contributed by atoms with Gasteiger partial charge in [0.2, 0.25) is 11.8 Å². The average molecular weight is 552 g/mol. The van der Waals surface area contributed by atoms with Crippen molar-refractivity contribution in [3.05, 3.63) is 89.5 Å². The first-order valence-electron chi connectivity index (χ1n) is 12.8. The highest BCUT2D eigenvalue weighted by molar-refractivity contribution is 7.92. The molecule has 208 valence electrons. The Kier molecular flexibility index (Phi) is 9.75. The predicted molar refractivity (Wildman–Crippen MR) is 153 cm³/mol. The Morgan fingerprint density at radius 3 is 2.18 bits per heavy atom. The van der Waals surface area contributed by atoms with E-state index in [1.165, 1.54) is 17.0 Å². The van der Waals surface area contributed by atoms with E-state index in [2.05, 4.69) is 5.32 Å². The first-order chi connectivity index (χ1) is 18.4. The van der Waals surface area contributed by atoms with Crippen molar-refractivity contribution in [3.63, 3.8) is 0 Å². The molecule has 0 aromatic heterocycles. The van der Waals surface area contributed by atoms with Gasteiger partial charge < -0.3 is 15.0 Å². The van der Waals surface area contributed by atoms with E-state index in [0.717, 1.165) is 21.0 Å². The van der Waals surface area contributed by atoms with Crippen LogP contribution in [0.15, 0.2) is 77.7 Å². The maximum Gasteiger partial charge on any atom is 0.264 e. The summed E-state index contributed by atoms with van der Waals surface area (Å²) in [5.74, 6) is -0.228. The van der Waals surface area contributed by atoms with E-state index in [-0.39, 0.29) is 23.4 Å². The van der Waals surface area contributed by atoms with Gasteiger partial charge >= 0.3 is 0 Å². The van der Waals surface area contributed by atoms with Gasteiger partial charge in [0.15, 0.2) is 0 Å². The Morgan fingerprint density at radius 2 is 1.56 bits per heavy atom. The van der Waals surface area contributed by atoms with E-state index in [0.29, 0.717) is 11.4 Å². The second-order valence-corrected chi connectivity index (χ2v) is 11.7. The van der Waals surface area contributed by atoms with Crippen molar-refractivity contribution < 1.29 is 22.7 Å². The van der Waals surface area contributed by atoms with Gasteiger partial charge in [0, 0.05) is 12.6 Å². The minimum atomic E-state index is -4.10. The third kappa shape index (κ3) is 7.60. The molecule has 0 aliphatic heterocycles. The quantitative estimate of drug-likeness (QED) is 0.380. The maximum atomic E-state index is 13.9. The first kappa shape index (κ1) is 29.7. The molecule has 8 nitrogen and oxygen atoms in total. The molecule has 39 heavy (non-hydrogen) atoms. The molecule has 0 aliphatic rings. The molecule has 3 rings (SSSR count). The predicted octanol–water partition coefficient (Wildman–Crippen LogP) is 4.45. The number of carbonyl (C=O) groups excluding carboxylic acids is 2. The summed E-state index contributed by atoms with van der Waals surface area (Å²) in [4.78, 5) is 28.4. The first-order valence-corrected chi connectivity index (χ1v) is 14.2. The molecule has 0 spiro atoms. The van der Waals surface area contributed by atoms with Gasteiger partial charge in [-0.05, 0) is 82.1 Å². The number of ether oxygens (including phenoxy) is 1. The molecule has 0 saturated carbocycles. The number of aryl methyl sites for hydroxylation is 2. The van der Waals surface area contributed by atoms with Crippen LogP contribution in [0, 0.1) is 13.8 Å². The molecule has 0 aliphatic carbocycles. The van der Waals surface area contributed by atoms with Crippen molar-refractivity contribution in [2.24, 2.45) is 0 Å². The minimum Gasteiger partial charge on any atom is -0.497 e. The number of amides is 2. The molecule has 0 heterocycles. The number of sulfonamides is 1. The van der Waals surface area contributed by atoms with Gasteiger partial charge in [0.05, 0.1) is 17.7 Å². The van der Waals surface area contributed by atoms with Gasteiger partial charge in [0.1, 0.15) is 18.3 Å². The molecular weight excluding hydrogens is 514 g/mol. The standard InChI is InChI=1S/C30H37N3O5S/c1-21(2)31-30(35)24(5)32(19-25-10-8-12-27(18-25)38-6)29(34)20-33(26-11-7-9-23(4)17-26)39(36,37)28-15-13-22(3)14-16-28/h7-18,21,24H,19-20H2,1-6H3,(H,31,35)/t24-/m1/s1. The summed E-state index contributed by atoms with van der Waals surface area (Å²) in [6, 6.07) is 19.7. The van der Waals surface area contributed by atoms with E-state index in [4.69, 9.17) is 4.74 Å². The monoisotopic (exact) mass is 551 g/mol. The number of hydrogen-bond donors (Lipinski definition) is 1. The number of methoxy groups -OCH3 is 1. The lowest BCUT2D eigenvalue weighted by Crippen LogP contribution is -2.52. The molecule has 2 amide bonds. The zero-order chi connectivity index (χ0) is 28.7. The van der Waals surface area contributed by atoms with Crippen LogP contribution in [0.5, 0.6) is 5.75 Å². The zero-order valence-electron chi connectivity index (χ0n) is 23.3. The molecule has 0 saturated heterocycles. The fourth-order valence-electron chi connectivity index (χ4n) is 4.10. The number of hydrogen-bond acceptors (Lipinski definition) is 5. The number of rotatable bonds is 11. The molecule has 3 aromatic rings. The third-order valence-electron chi connectivity index (χ3n) is 6.26. The second-order valence-electron chi connectivity index (χ2n) is 9.88. The number of carbonyl (C=O) groups is 2. The number of nitrogens with zero attached hydrogens (tertiary/aromatic N) is 2. The fourth-order valence-corrected chi connectivity index (χ4v) is 5.51. The molecule has 1 atom stereocenters. The van der Waals surface area contributed by atoms with Crippen LogP contribution in [0.1, 0.15) is 37.5 Å². The normalized spacial score (nSPS) is 12.1. The Morgan fingerprint density at radius 1 is 0.897 bits per heavy atom.